The van der Waals surface area contributed by atoms with Crippen LogP contribution in [0.15, 0.2) is 18.2 Å². The van der Waals surface area contributed by atoms with E-state index in [0.29, 0.717) is 13.0 Å². The van der Waals surface area contributed by atoms with Crippen molar-refractivity contribution in [2.24, 2.45) is 0 Å². The summed E-state index contributed by atoms with van der Waals surface area (Å²) in [6, 6.07) is 4.24. The van der Waals surface area contributed by atoms with Gasteiger partial charge in [-0.2, -0.15) is 0 Å². The maximum absolute atomic E-state index is 12.0. The molecule has 0 spiro atoms. The molecule has 1 fully saturated rings. The number of ether oxygens (including phenoxy) is 1. The smallest absolute Gasteiger partial charge is 0.339 e. The molecule has 0 saturated carbocycles. The quantitative estimate of drug-likeness (QED) is 0.865. The van der Waals surface area contributed by atoms with Crippen molar-refractivity contribution < 1.29 is 23.1 Å². The number of carbonyl (C=O) groups is 1. The molecule has 1 atom stereocenters. The van der Waals surface area contributed by atoms with Crippen LogP contribution in [0.2, 0.25) is 5.02 Å². The minimum atomic E-state index is -3.69. The Morgan fingerprint density at radius 2 is 2.25 bits per heavy atom. The van der Waals surface area contributed by atoms with Crippen molar-refractivity contribution in [2.75, 3.05) is 17.1 Å². The van der Waals surface area contributed by atoms with Crippen LogP contribution < -0.4 is 4.72 Å². The number of hydrogen-bond acceptors (Lipinski definition) is 4. The Labute approximate surface area is 121 Å². The highest BCUT2D eigenvalue weighted by atomic mass is 35.5. The molecule has 6 nitrogen and oxygen atoms in total. The fraction of sp³-hybridized carbons (Fsp3) is 0.417. The zero-order valence-corrected chi connectivity index (χ0v) is 12.1. The Kier molecular flexibility index (Phi) is 4.52. The number of carboxylic acid groups (broad SMARTS) is 1. The van der Waals surface area contributed by atoms with E-state index < -0.39 is 16.0 Å². The van der Waals surface area contributed by atoms with Crippen LogP contribution in [0.25, 0.3) is 0 Å². The van der Waals surface area contributed by atoms with Gasteiger partial charge < -0.3 is 9.84 Å². The second kappa shape index (κ2) is 5.99. The first-order valence-electron chi connectivity index (χ1n) is 6.03. The van der Waals surface area contributed by atoms with Gasteiger partial charge in [-0.1, -0.05) is 17.7 Å². The molecule has 0 aliphatic carbocycles. The van der Waals surface area contributed by atoms with E-state index in [2.05, 4.69) is 4.72 Å². The fourth-order valence-electron chi connectivity index (χ4n) is 2.06. The van der Waals surface area contributed by atoms with Crippen LogP contribution >= 0.6 is 11.6 Å². The van der Waals surface area contributed by atoms with Gasteiger partial charge in [-0.25, -0.2) is 13.2 Å². The number of anilines is 1. The predicted molar refractivity (Wildman–Crippen MR) is 74.8 cm³/mol. The first-order valence-corrected chi connectivity index (χ1v) is 8.06. The number of aromatic carboxylic acids is 1. The largest absolute Gasteiger partial charge is 0.478 e. The van der Waals surface area contributed by atoms with E-state index in [1.807, 2.05) is 0 Å². The molecule has 0 amide bonds. The SMILES string of the molecule is O=C(O)c1c(Cl)cccc1NS(=O)(=O)CC1CCCO1. The third-order valence-corrected chi connectivity index (χ3v) is 4.58. The lowest BCUT2D eigenvalue weighted by Crippen LogP contribution is -2.26. The number of nitrogens with one attached hydrogen (secondary N) is 1. The Balaban J connectivity index is 2.20. The Bertz CT molecular complexity index is 610. The summed E-state index contributed by atoms with van der Waals surface area (Å²) in [5, 5.41) is 9.06. The maximum atomic E-state index is 12.0. The van der Waals surface area contributed by atoms with Crippen molar-refractivity contribution in [3.63, 3.8) is 0 Å². The molecule has 1 aromatic rings. The monoisotopic (exact) mass is 319 g/mol. The van der Waals surface area contributed by atoms with Crippen molar-refractivity contribution in [3.05, 3.63) is 28.8 Å². The maximum Gasteiger partial charge on any atom is 0.339 e. The molecule has 0 radical (unpaired) electrons. The van der Waals surface area contributed by atoms with E-state index in [1.165, 1.54) is 18.2 Å². The molecule has 1 aliphatic rings. The van der Waals surface area contributed by atoms with Gasteiger partial charge in [0, 0.05) is 6.61 Å². The lowest BCUT2D eigenvalue weighted by atomic mass is 10.2. The molecule has 0 aromatic heterocycles. The van der Waals surface area contributed by atoms with Gasteiger partial charge in [-0.3, -0.25) is 4.72 Å². The number of sulfonamides is 1. The molecule has 2 rings (SSSR count). The standard InChI is InChI=1S/C12H14ClNO5S/c13-9-4-1-5-10(11(9)12(15)16)14-20(17,18)7-8-3-2-6-19-8/h1,4-5,8,14H,2-3,6-7H2,(H,15,16). The summed E-state index contributed by atoms with van der Waals surface area (Å²) in [4.78, 5) is 11.1. The number of carboxylic acids is 1. The first-order chi connectivity index (χ1) is 9.39. The van der Waals surface area contributed by atoms with Crippen LogP contribution in [0.4, 0.5) is 5.69 Å². The molecule has 1 aliphatic heterocycles. The molecule has 1 aromatic carbocycles. The van der Waals surface area contributed by atoms with Crippen LogP contribution in [0, 0.1) is 0 Å². The summed E-state index contributed by atoms with van der Waals surface area (Å²) in [5.41, 5.74) is -0.298. The molecular weight excluding hydrogens is 306 g/mol. The predicted octanol–water partition coefficient (Wildman–Crippen LogP) is 1.96. The number of rotatable bonds is 5. The summed E-state index contributed by atoms with van der Waals surface area (Å²) in [6.45, 7) is 0.553. The first kappa shape index (κ1) is 15.1. The Morgan fingerprint density at radius 3 is 2.85 bits per heavy atom. The average molecular weight is 320 g/mol. The summed E-state index contributed by atoms with van der Waals surface area (Å²) in [7, 11) is -3.69. The molecule has 0 bridgehead atoms. The molecule has 8 heteroatoms. The Morgan fingerprint density at radius 1 is 1.50 bits per heavy atom. The van der Waals surface area contributed by atoms with E-state index in [1.54, 1.807) is 0 Å². The van der Waals surface area contributed by atoms with Crippen molar-refractivity contribution in [1.82, 2.24) is 0 Å². The van der Waals surface area contributed by atoms with E-state index in [9.17, 15) is 13.2 Å². The summed E-state index contributed by atoms with van der Waals surface area (Å²) >= 11 is 5.78. The minimum absolute atomic E-state index is 0.0187. The number of hydrogen-bond donors (Lipinski definition) is 2. The molecule has 1 saturated heterocycles. The van der Waals surface area contributed by atoms with Crippen molar-refractivity contribution >= 4 is 33.3 Å². The van der Waals surface area contributed by atoms with Gasteiger partial charge in [0.1, 0.15) is 5.56 Å². The highest BCUT2D eigenvalue weighted by Gasteiger charge is 2.25. The van der Waals surface area contributed by atoms with Crippen LogP contribution in [0.5, 0.6) is 0 Å². The van der Waals surface area contributed by atoms with Gasteiger partial charge >= 0.3 is 5.97 Å². The van der Waals surface area contributed by atoms with E-state index >= 15 is 0 Å². The van der Waals surface area contributed by atoms with E-state index in [0.717, 1.165) is 6.42 Å². The van der Waals surface area contributed by atoms with Crippen molar-refractivity contribution in [2.45, 2.75) is 18.9 Å². The molecule has 1 unspecified atom stereocenters. The van der Waals surface area contributed by atoms with E-state index in [-0.39, 0.29) is 28.1 Å². The van der Waals surface area contributed by atoms with Crippen molar-refractivity contribution in [3.8, 4) is 0 Å². The lowest BCUT2D eigenvalue weighted by molar-refractivity contribution is 0.0698. The van der Waals surface area contributed by atoms with Gasteiger partial charge in [0.05, 0.1) is 22.6 Å². The fourth-order valence-corrected chi connectivity index (χ4v) is 3.65. The third-order valence-electron chi connectivity index (χ3n) is 2.92. The zero-order valence-electron chi connectivity index (χ0n) is 10.5. The van der Waals surface area contributed by atoms with Gasteiger partial charge in [0.15, 0.2) is 0 Å². The van der Waals surface area contributed by atoms with Gasteiger partial charge in [-0.05, 0) is 25.0 Å². The van der Waals surface area contributed by atoms with Gasteiger partial charge in [0.2, 0.25) is 10.0 Å². The normalized spacial score (nSPS) is 18.9. The number of benzene rings is 1. The topological polar surface area (TPSA) is 92.7 Å². The van der Waals surface area contributed by atoms with Crippen LogP contribution in [-0.4, -0.2) is 38.0 Å². The third kappa shape index (κ3) is 3.62. The van der Waals surface area contributed by atoms with Gasteiger partial charge in [-0.15, -0.1) is 0 Å². The van der Waals surface area contributed by atoms with Crippen LogP contribution in [0.3, 0.4) is 0 Å². The second-order valence-electron chi connectivity index (χ2n) is 4.49. The molecule has 1 heterocycles. The molecular formula is C12H14ClNO5S. The second-order valence-corrected chi connectivity index (χ2v) is 6.66. The highest BCUT2D eigenvalue weighted by molar-refractivity contribution is 7.92. The molecule has 20 heavy (non-hydrogen) atoms. The minimum Gasteiger partial charge on any atom is -0.478 e. The van der Waals surface area contributed by atoms with Crippen molar-refractivity contribution in [1.29, 1.82) is 0 Å². The summed E-state index contributed by atoms with van der Waals surface area (Å²) < 4.78 is 31.6. The number of halogens is 1. The highest BCUT2D eigenvalue weighted by Crippen LogP contribution is 2.25. The zero-order chi connectivity index (χ0) is 14.8. The molecule has 110 valence electrons. The van der Waals surface area contributed by atoms with Gasteiger partial charge in [0.25, 0.3) is 0 Å². The summed E-state index contributed by atoms with van der Waals surface area (Å²) in [5.74, 6) is -1.48. The summed E-state index contributed by atoms with van der Waals surface area (Å²) in [6.07, 6.45) is 1.17. The van der Waals surface area contributed by atoms with E-state index in [4.69, 9.17) is 21.4 Å². The average Bonchev–Trinajstić information content (AvgIpc) is 2.79. The van der Waals surface area contributed by atoms with Crippen LogP contribution in [-0.2, 0) is 14.8 Å². The molecule has 2 N–H and O–H groups in total. The van der Waals surface area contributed by atoms with Crippen LogP contribution in [0.1, 0.15) is 23.2 Å². The lowest BCUT2D eigenvalue weighted by Gasteiger charge is -2.14. The Hall–Kier alpha value is -1.31.